The summed E-state index contributed by atoms with van der Waals surface area (Å²) in [5.41, 5.74) is 0. The first kappa shape index (κ1) is 10.7. The van der Waals surface area contributed by atoms with Gasteiger partial charge in [-0.1, -0.05) is 26.3 Å². The first-order valence-corrected chi connectivity index (χ1v) is 6.03. The number of rotatable bonds is 6. The monoisotopic (exact) mass is 197 g/mol. The Balaban J connectivity index is 2.47. The molecule has 13 heavy (non-hydrogen) atoms. The molecule has 0 saturated heterocycles. The van der Waals surface area contributed by atoms with Gasteiger partial charge in [0.1, 0.15) is 0 Å². The Labute approximate surface area is 85.2 Å². The lowest BCUT2D eigenvalue weighted by Gasteiger charge is -2.15. The molecule has 74 valence electrons. The van der Waals surface area contributed by atoms with E-state index in [4.69, 9.17) is 0 Å². The van der Waals surface area contributed by atoms with E-state index in [0.29, 0.717) is 6.04 Å². The number of nitrogens with one attached hydrogen (secondary N) is 1. The minimum Gasteiger partial charge on any atom is -0.309 e. The van der Waals surface area contributed by atoms with Gasteiger partial charge in [0.25, 0.3) is 0 Å². The molecule has 0 bridgehead atoms. The molecule has 0 spiro atoms. The second kappa shape index (κ2) is 6.17. The van der Waals surface area contributed by atoms with E-state index < -0.39 is 0 Å². The molecule has 1 N–H and O–H groups in total. The summed E-state index contributed by atoms with van der Waals surface area (Å²) >= 11 is 1.86. The smallest absolute Gasteiger partial charge is 0.0414 e. The molecule has 0 aliphatic rings. The second-order valence-electron chi connectivity index (χ2n) is 3.31. The molecular formula is C11H19NS. The molecule has 1 aromatic rings. The first-order chi connectivity index (χ1) is 6.38. The third-order valence-electron chi connectivity index (χ3n) is 2.10. The molecule has 1 atom stereocenters. The fraction of sp³-hybridized carbons (Fsp3) is 0.636. The van der Waals surface area contributed by atoms with Gasteiger partial charge in [-0.25, -0.2) is 0 Å². The molecule has 0 aliphatic carbocycles. The van der Waals surface area contributed by atoms with Crippen LogP contribution in [-0.4, -0.2) is 6.54 Å². The Hall–Kier alpha value is -0.340. The average Bonchev–Trinajstić information content (AvgIpc) is 2.65. The highest BCUT2D eigenvalue weighted by molar-refractivity contribution is 7.10. The Bertz CT molecular complexity index is 206. The van der Waals surface area contributed by atoms with Gasteiger partial charge in [0, 0.05) is 10.9 Å². The van der Waals surface area contributed by atoms with E-state index >= 15 is 0 Å². The van der Waals surface area contributed by atoms with Gasteiger partial charge >= 0.3 is 0 Å². The van der Waals surface area contributed by atoms with Gasteiger partial charge < -0.3 is 5.32 Å². The quantitative estimate of drug-likeness (QED) is 0.735. The maximum Gasteiger partial charge on any atom is 0.0414 e. The molecule has 1 rings (SSSR count). The summed E-state index contributed by atoms with van der Waals surface area (Å²) < 4.78 is 0. The fourth-order valence-electron chi connectivity index (χ4n) is 1.44. The van der Waals surface area contributed by atoms with Gasteiger partial charge in [0.2, 0.25) is 0 Å². The zero-order chi connectivity index (χ0) is 9.52. The van der Waals surface area contributed by atoms with Gasteiger partial charge in [-0.2, -0.15) is 0 Å². The molecule has 2 heteroatoms. The normalized spacial score (nSPS) is 13.1. The summed E-state index contributed by atoms with van der Waals surface area (Å²) in [6.07, 6.45) is 3.71. The third kappa shape index (κ3) is 3.49. The van der Waals surface area contributed by atoms with Crippen LogP contribution in [0.5, 0.6) is 0 Å². The SMILES string of the molecule is CCCNC(CCC)c1cccs1. The summed E-state index contributed by atoms with van der Waals surface area (Å²) in [6, 6.07) is 4.95. The summed E-state index contributed by atoms with van der Waals surface area (Å²) in [5.74, 6) is 0. The molecule has 1 unspecified atom stereocenters. The van der Waals surface area contributed by atoms with Crippen molar-refractivity contribution in [2.45, 2.75) is 39.2 Å². The van der Waals surface area contributed by atoms with E-state index in [1.54, 1.807) is 0 Å². The molecule has 0 fully saturated rings. The van der Waals surface area contributed by atoms with E-state index in [-0.39, 0.29) is 0 Å². The van der Waals surface area contributed by atoms with Crippen LogP contribution in [0.4, 0.5) is 0 Å². The third-order valence-corrected chi connectivity index (χ3v) is 3.09. The van der Waals surface area contributed by atoms with Crippen molar-refractivity contribution in [1.29, 1.82) is 0 Å². The van der Waals surface area contributed by atoms with Crippen LogP contribution in [0.1, 0.15) is 44.0 Å². The highest BCUT2D eigenvalue weighted by Crippen LogP contribution is 2.22. The number of hydrogen-bond donors (Lipinski definition) is 1. The number of thiophene rings is 1. The van der Waals surface area contributed by atoms with E-state index in [2.05, 4.69) is 36.7 Å². The van der Waals surface area contributed by atoms with Crippen molar-refractivity contribution < 1.29 is 0 Å². The molecular weight excluding hydrogens is 178 g/mol. The molecule has 0 aliphatic heterocycles. The highest BCUT2D eigenvalue weighted by atomic mass is 32.1. The summed E-state index contributed by atoms with van der Waals surface area (Å²) in [5, 5.41) is 5.74. The van der Waals surface area contributed by atoms with Gasteiger partial charge in [-0.3, -0.25) is 0 Å². The summed E-state index contributed by atoms with van der Waals surface area (Å²) in [4.78, 5) is 1.48. The van der Waals surface area contributed by atoms with Crippen LogP contribution >= 0.6 is 11.3 Å². The highest BCUT2D eigenvalue weighted by Gasteiger charge is 2.09. The molecule has 0 aromatic carbocycles. The predicted molar refractivity (Wildman–Crippen MR) is 60.3 cm³/mol. The van der Waals surface area contributed by atoms with Gasteiger partial charge in [0.05, 0.1) is 0 Å². The second-order valence-corrected chi connectivity index (χ2v) is 4.29. The van der Waals surface area contributed by atoms with Crippen LogP contribution in [0, 0.1) is 0 Å². The van der Waals surface area contributed by atoms with Crippen molar-refractivity contribution in [3.05, 3.63) is 22.4 Å². The van der Waals surface area contributed by atoms with Crippen LogP contribution in [-0.2, 0) is 0 Å². The molecule has 1 nitrogen and oxygen atoms in total. The van der Waals surface area contributed by atoms with Crippen molar-refractivity contribution in [2.75, 3.05) is 6.54 Å². The zero-order valence-electron chi connectivity index (χ0n) is 8.55. The summed E-state index contributed by atoms with van der Waals surface area (Å²) in [6.45, 7) is 5.58. The maximum atomic E-state index is 3.58. The van der Waals surface area contributed by atoms with Gasteiger partial charge in [-0.05, 0) is 30.8 Å². The van der Waals surface area contributed by atoms with Crippen molar-refractivity contribution in [1.82, 2.24) is 5.32 Å². The average molecular weight is 197 g/mol. The molecule has 0 saturated carbocycles. The van der Waals surface area contributed by atoms with E-state index in [0.717, 1.165) is 6.54 Å². The topological polar surface area (TPSA) is 12.0 Å². The molecule has 0 radical (unpaired) electrons. The van der Waals surface area contributed by atoms with Crippen molar-refractivity contribution >= 4 is 11.3 Å². The van der Waals surface area contributed by atoms with Gasteiger partial charge in [0.15, 0.2) is 0 Å². The van der Waals surface area contributed by atoms with Crippen LogP contribution in [0.3, 0.4) is 0 Å². The Morgan fingerprint density at radius 3 is 2.77 bits per heavy atom. The lowest BCUT2D eigenvalue weighted by molar-refractivity contribution is 0.501. The van der Waals surface area contributed by atoms with Crippen LogP contribution in [0.25, 0.3) is 0 Å². The van der Waals surface area contributed by atoms with Gasteiger partial charge in [-0.15, -0.1) is 11.3 Å². The minimum atomic E-state index is 0.588. The molecule has 1 aromatic heterocycles. The lowest BCUT2D eigenvalue weighted by atomic mass is 10.1. The van der Waals surface area contributed by atoms with Crippen molar-refractivity contribution in [3.8, 4) is 0 Å². The largest absolute Gasteiger partial charge is 0.309 e. The van der Waals surface area contributed by atoms with Crippen LogP contribution < -0.4 is 5.32 Å². The minimum absolute atomic E-state index is 0.588. The molecule has 0 amide bonds. The molecule has 1 heterocycles. The number of hydrogen-bond acceptors (Lipinski definition) is 2. The van der Waals surface area contributed by atoms with Crippen molar-refractivity contribution in [2.24, 2.45) is 0 Å². The fourth-order valence-corrected chi connectivity index (χ4v) is 2.28. The van der Waals surface area contributed by atoms with E-state index in [1.807, 2.05) is 11.3 Å². The van der Waals surface area contributed by atoms with Crippen LogP contribution in [0.2, 0.25) is 0 Å². The van der Waals surface area contributed by atoms with E-state index in [9.17, 15) is 0 Å². The Morgan fingerprint density at radius 2 is 2.23 bits per heavy atom. The maximum absolute atomic E-state index is 3.58. The zero-order valence-corrected chi connectivity index (χ0v) is 9.36. The summed E-state index contributed by atoms with van der Waals surface area (Å²) in [7, 11) is 0. The van der Waals surface area contributed by atoms with Crippen molar-refractivity contribution in [3.63, 3.8) is 0 Å². The predicted octanol–water partition coefficient (Wildman–Crippen LogP) is 3.59. The first-order valence-electron chi connectivity index (χ1n) is 5.15. The lowest BCUT2D eigenvalue weighted by Crippen LogP contribution is -2.20. The van der Waals surface area contributed by atoms with Crippen LogP contribution in [0.15, 0.2) is 17.5 Å². The Morgan fingerprint density at radius 1 is 1.38 bits per heavy atom. The van der Waals surface area contributed by atoms with E-state index in [1.165, 1.54) is 24.1 Å². The standard InChI is InChI=1S/C11H19NS/c1-3-6-10(12-8-4-2)11-7-5-9-13-11/h5,7,9-10,12H,3-4,6,8H2,1-2H3. The Kier molecular flexibility index (Phi) is 5.09.